The standard InChI is InChI=1S/C18H18BrN3O5/c1-17(2)7-11-13(12(23)8-17)18(27,14(24)21-16(20)26)15(25)22(11)10-5-3-9(19)4-6-10/h3-6,27H,7-8H2,1-2H3,(H3,20,21,24,26). The van der Waals surface area contributed by atoms with Crippen molar-refractivity contribution in [3.8, 4) is 0 Å². The Kier molecular flexibility index (Phi) is 4.47. The van der Waals surface area contributed by atoms with Gasteiger partial charge in [-0.1, -0.05) is 29.8 Å². The Morgan fingerprint density at radius 1 is 1.19 bits per heavy atom. The van der Waals surface area contributed by atoms with Crippen LogP contribution in [-0.2, 0) is 14.4 Å². The Bertz CT molecular complexity index is 906. The molecule has 1 aromatic rings. The molecule has 0 saturated carbocycles. The predicted molar refractivity (Wildman–Crippen MR) is 99.4 cm³/mol. The zero-order valence-corrected chi connectivity index (χ0v) is 16.3. The smallest absolute Gasteiger partial charge is 0.318 e. The second-order valence-electron chi connectivity index (χ2n) is 7.41. The van der Waals surface area contributed by atoms with Gasteiger partial charge < -0.3 is 10.8 Å². The molecule has 1 aliphatic carbocycles. The number of ketones is 1. The van der Waals surface area contributed by atoms with Crippen molar-refractivity contribution in [2.24, 2.45) is 11.1 Å². The number of Topliss-reactive ketones (excluding diaryl/α,β-unsaturated/α-hetero) is 1. The van der Waals surface area contributed by atoms with E-state index in [1.807, 2.05) is 13.8 Å². The highest BCUT2D eigenvalue weighted by atomic mass is 79.9. The minimum atomic E-state index is -2.80. The first-order valence-corrected chi connectivity index (χ1v) is 8.97. The molecule has 0 bridgehead atoms. The van der Waals surface area contributed by atoms with Gasteiger partial charge in [0.05, 0.1) is 5.57 Å². The normalized spacial score (nSPS) is 24.1. The SMILES string of the molecule is CC1(C)CC(=O)C2=C(C1)N(c1ccc(Br)cc1)C(=O)C2(O)C(=O)NC(N)=O. The van der Waals surface area contributed by atoms with Crippen LogP contribution in [0.1, 0.15) is 26.7 Å². The lowest BCUT2D eigenvalue weighted by Gasteiger charge is -2.32. The maximum atomic E-state index is 13.1. The summed E-state index contributed by atoms with van der Waals surface area (Å²) in [5.41, 5.74) is 2.05. The van der Waals surface area contributed by atoms with E-state index in [9.17, 15) is 24.3 Å². The van der Waals surface area contributed by atoms with Crippen LogP contribution in [-0.4, -0.2) is 34.3 Å². The number of rotatable bonds is 2. The van der Waals surface area contributed by atoms with Gasteiger partial charge in [-0.05, 0) is 36.1 Å². The van der Waals surface area contributed by atoms with Crippen LogP contribution in [0.3, 0.4) is 0 Å². The number of anilines is 1. The molecule has 1 unspecified atom stereocenters. The van der Waals surface area contributed by atoms with Crippen LogP contribution < -0.4 is 16.0 Å². The molecular formula is C18H18BrN3O5. The molecular weight excluding hydrogens is 418 g/mol. The van der Waals surface area contributed by atoms with E-state index in [-0.39, 0.29) is 17.7 Å². The molecule has 142 valence electrons. The minimum absolute atomic E-state index is 0.0550. The number of allylic oxidation sites excluding steroid dienone is 1. The molecule has 8 nitrogen and oxygen atoms in total. The zero-order chi connectivity index (χ0) is 20.1. The van der Waals surface area contributed by atoms with E-state index < -0.39 is 34.6 Å². The number of nitrogens with two attached hydrogens (primary N) is 1. The highest BCUT2D eigenvalue weighted by Gasteiger charge is 2.61. The summed E-state index contributed by atoms with van der Waals surface area (Å²) in [6.07, 6.45) is 0.349. The maximum Gasteiger partial charge on any atom is 0.318 e. The molecule has 1 heterocycles. The van der Waals surface area contributed by atoms with E-state index in [1.165, 1.54) is 4.90 Å². The van der Waals surface area contributed by atoms with Gasteiger partial charge in [-0.2, -0.15) is 0 Å². The van der Waals surface area contributed by atoms with Gasteiger partial charge in [0.2, 0.25) is 0 Å². The van der Waals surface area contributed by atoms with Crippen molar-refractivity contribution in [1.29, 1.82) is 0 Å². The van der Waals surface area contributed by atoms with Gasteiger partial charge in [0.25, 0.3) is 17.4 Å². The van der Waals surface area contributed by atoms with Gasteiger partial charge >= 0.3 is 6.03 Å². The van der Waals surface area contributed by atoms with E-state index in [1.54, 1.807) is 29.6 Å². The lowest BCUT2D eigenvalue weighted by molar-refractivity contribution is -0.147. The molecule has 2 aliphatic rings. The maximum absolute atomic E-state index is 13.1. The van der Waals surface area contributed by atoms with Gasteiger partial charge in [-0.3, -0.25) is 24.6 Å². The summed E-state index contributed by atoms with van der Waals surface area (Å²) in [6.45, 7) is 3.72. The van der Waals surface area contributed by atoms with Crippen molar-refractivity contribution in [3.63, 3.8) is 0 Å². The molecule has 1 aliphatic heterocycles. The van der Waals surface area contributed by atoms with E-state index in [0.717, 1.165) is 4.47 Å². The van der Waals surface area contributed by atoms with Gasteiger partial charge in [-0.15, -0.1) is 0 Å². The Morgan fingerprint density at radius 3 is 2.33 bits per heavy atom. The topological polar surface area (TPSA) is 130 Å². The predicted octanol–water partition coefficient (Wildman–Crippen LogP) is 1.36. The van der Waals surface area contributed by atoms with Crippen molar-refractivity contribution in [3.05, 3.63) is 40.0 Å². The molecule has 3 rings (SSSR count). The fourth-order valence-electron chi connectivity index (χ4n) is 3.56. The van der Waals surface area contributed by atoms with Crippen molar-refractivity contribution in [1.82, 2.24) is 5.32 Å². The Hall–Kier alpha value is -2.52. The summed E-state index contributed by atoms with van der Waals surface area (Å²) in [7, 11) is 0. The van der Waals surface area contributed by atoms with E-state index in [0.29, 0.717) is 12.1 Å². The first-order valence-electron chi connectivity index (χ1n) is 8.17. The van der Waals surface area contributed by atoms with Crippen molar-refractivity contribution in [2.75, 3.05) is 4.90 Å². The number of carbonyl (C=O) groups excluding carboxylic acids is 4. The molecule has 27 heavy (non-hydrogen) atoms. The third kappa shape index (κ3) is 3.06. The average Bonchev–Trinajstić information content (AvgIpc) is 2.75. The monoisotopic (exact) mass is 435 g/mol. The van der Waals surface area contributed by atoms with E-state index in [4.69, 9.17) is 5.73 Å². The van der Waals surface area contributed by atoms with Crippen molar-refractivity contribution < 1.29 is 24.3 Å². The van der Waals surface area contributed by atoms with Crippen LogP contribution in [0.25, 0.3) is 0 Å². The first-order chi connectivity index (χ1) is 12.5. The third-order valence-corrected chi connectivity index (χ3v) is 5.18. The summed E-state index contributed by atoms with van der Waals surface area (Å²) >= 11 is 3.30. The number of hydrogen-bond acceptors (Lipinski definition) is 5. The van der Waals surface area contributed by atoms with Crippen LogP contribution in [0, 0.1) is 5.41 Å². The molecule has 0 aromatic heterocycles. The van der Waals surface area contributed by atoms with Gasteiger partial charge in [0.15, 0.2) is 5.78 Å². The van der Waals surface area contributed by atoms with E-state index in [2.05, 4.69) is 15.9 Å². The number of hydrogen-bond donors (Lipinski definition) is 3. The summed E-state index contributed by atoms with van der Waals surface area (Å²) in [6, 6.07) is 5.40. The molecule has 0 fully saturated rings. The number of halogens is 1. The Balaban J connectivity index is 2.20. The van der Waals surface area contributed by atoms with Gasteiger partial charge in [0, 0.05) is 22.3 Å². The fraction of sp³-hybridized carbons (Fsp3) is 0.333. The number of nitrogens with one attached hydrogen (secondary N) is 1. The summed E-state index contributed by atoms with van der Waals surface area (Å²) in [5.74, 6) is -2.86. The second-order valence-corrected chi connectivity index (χ2v) is 8.32. The molecule has 4 amide bonds. The van der Waals surface area contributed by atoms with E-state index >= 15 is 0 Å². The largest absolute Gasteiger partial charge is 0.368 e. The number of nitrogens with zero attached hydrogens (tertiary/aromatic N) is 1. The van der Waals surface area contributed by atoms with Crippen LogP contribution >= 0.6 is 15.9 Å². The molecule has 9 heteroatoms. The van der Waals surface area contributed by atoms with Crippen LogP contribution in [0.2, 0.25) is 0 Å². The lowest BCUT2D eigenvalue weighted by Crippen LogP contribution is -2.57. The molecule has 0 radical (unpaired) electrons. The molecule has 0 saturated heterocycles. The van der Waals surface area contributed by atoms with Gasteiger partial charge in [0.1, 0.15) is 0 Å². The number of aliphatic hydroxyl groups is 1. The number of imide groups is 1. The van der Waals surface area contributed by atoms with Crippen LogP contribution in [0.15, 0.2) is 40.0 Å². The Labute approximate surface area is 163 Å². The summed E-state index contributed by atoms with van der Waals surface area (Å²) < 4.78 is 0.772. The molecule has 1 aromatic carbocycles. The van der Waals surface area contributed by atoms with Gasteiger partial charge in [-0.25, -0.2) is 4.79 Å². The summed E-state index contributed by atoms with van der Waals surface area (Å²) in [5, 5.41) is 12.7. The first kappa shape index (κ1) is 19.2. The third-order valence-electron chi connectivity index (χ3n) is 4.65. The van der Waals surface area contributed by atoms with Crippen LogP contribution in [0.5, 0.6) is 0 Å². The summed E-state index contributed by atoms with van der Waals surface area (Å²) in [4.78, 5) is 50.6. The lowest BCUT2D eigenvalue weighted by atomic mass is 9.73. The molecule has 0 spiro atoms. The number of primary amides is 1. The number of urea groups is 1. The van der Waals surface area contributed by atoms with Crippen molar-refractivity contribution in [2.45, 2.75) is 32.3 Å². The van der Waals surface area contributed by atoms with Crippen LogP contribution in [0.4, 0.5) is 10.5 Å². The zero-order valence-electron chi connectivity index (χ0n) is 14.7. The second kappa shape index (κ2) is 6.28. The molecule has 4 N–H and O–H groups in total. The number of benzene rings is 1. The highest BCUT2D eigenvalue weighted by Crippen LogP contribution is 2.48. The minimum Gasteiger partial charge on any atom is -0.368 e. The van der Waals surface area contributed by atoms with Crippen molar-refractivity contribution >= 4 is 45.2 Å². The quantitative estimate of drug-likeness (QED) is 0.603. The Morgan fingerprint density at radius 2 is 1.78 bits per heavy atom. The highest BCUT2D eigenvalue weighted by molar-refractivity contribution is 9.10. The average molecular weight is 436 g/mol. The number of carbonyl (C=O) groups is 4. The fourth-order valence-corrected chi connectivity index (χ4v) is 3.82. The molecule has 1 atom stereocenters. The number of amides is 4.